The Bertz CT molecular complexity index is 485. The third-order valence-corrected chi connectivity index (χ3v) is 5.61. The summed E-state index contributed by atoms with van der Waals surface area (Å²) in [7, 11) is 0. The highest BCUT2D eigenvalue weighted by molar-refractivity contribution is 9.11. The van der Waals surface area contributed by atoms with Crippen molar-refractivity contribution >= 4 is 33.2 Å². The van der Waals surface area contributed by atoms with E-state index in [0.29, 0.717) is 0 Å². The molecule has 0 aromatic carbocycles. The first-order valence-electron chi connectivity index (χ1n) is 7.03. The van der Waals surface area contributed by atoms with Crippen LogP contribution in [0.25, 0.3) is 0 Å². The van der Waals surface area contributed by atoms with Crippen molar-refractivity contribution in [2.24, 2.45) is 0 Å². The second-order valence-electron chi connectivity index (χ2n) is 5.52. The van der Waals surface area contributed by atoms with Crippen molar-refractivity contribution in [2.45, 2.75) is 32.0 Å². The van der Waals surface area contributed by atoms with Crippen molar-refractivity contribution in [3.8, 4) is 0 Å². The Morgan fingerprint density at radius 1 is 1.35 bits per heavy atom. The van der Waals surface area contributed by atoms with Crippen molar-refractivity contribution < 1.29 is 9.53 Å². The van der Waals surface area contributed by atoms with Gasteiger partial charge in [0.05, 0.1) is 3.79 Å². The van der Waals surface area contributed by atoms with Crippen LogP contribution in [0.1, 0.15) is 18.2 Å². The number of hydrogen-bond acceptors (Lipinski definition) is 5. The van der Waals surface area contributed by atoms with Gasteiger partial charge in [0.25, 0.3) is 0 Å². The molecular weight excluding hydrogens is 340 g/mol. The molecule has 6 heteroatoms. The van der Waals surface area contributed by atoms with Gasteiger partial charge in [0.15, 0.2) is 0 Å². The van der Waals surface area contributed by atoms with Gasteiger partial charge >= 0.3 is 5.97 Å². The van der Waals surface area contributed by atoms with Crippen LogP contribution in [0, 0.1) is 0 Å². The molecule has 0 radical (unpaired) electrons. The predicted octanol–water partition coefficient (Wildman–Crippen LogP) is 2.33. The summed E-state index contributed by atoms with van der Waals surface area (Å²) in [6.07, 6.45) is 0.922. The van der Waals surface area contributed by atoms with Gasteiger partial charge in [0, 0.05) is 44.0 Å². The summed E-state index contributed by atoms with van der Waals surface area (Å²) in [5.41, 5.74) is 0. The normalized spacial score (nSPS) is 28.8. The number of rotatable bonds is 3. The lowest BCUT2D eigenvalue weighted by Gasteiger charge is -2.36. The Morgan fingerprint density at radius 2 is 2.10 bits per heavy atom. The Balaban J connectivity index is 1.51. The molecule has 0 amide bonds. The van der Waals surface area contributed by atoms with E-state index in [2.05, 4.69) is 37.9 Å². The summed E-state index contributed by atoms with van der Waals surface area (Å²) in [6.45, 7) is 6.94. The topological polar surface area (TPSA) is 32.8 Å². The Kier molecular flexibility index (Phi) is 4.45. The van der Waals surface area contributed by atoms with Crippen molar-refractivity contribution in [1.29, 1.82) is 0 Å². The lowest BCUT2D eigenvalue weighted by molar-refractivity contribution is -0.145. The molecule has 4 nitrogen and oxygen atoms in total. The van der Waals surface area contributed by atoms with E-state index in [4.69, 9.17) is 4.74 Å². The fourth-order valence-electron chi connectivity index (χ4n) is 2.92. The molecule has 0 bridgehead atoms. The highest BCUT2D eigenvalue weighted by atomic mass is 79.9. The lowest BCUT2D eigenvalue weighted by atomic mass is 10.1. The van der Waals surface area contributed by atoms with Crippen LogP contribution in [-0.4, -0.2) is 54.1 Å². The van der Waals surface area contributed by atoms with Gasteiger partial charge in [0.1, 0.15) is 12.1 Å². The fourth-order valence-corrected chi connectivity index (χ4v) is 4.45. The maximum atomic E-state index is 11.8. The van der Waals surface area contributed by atoms with Crippen LogP contribution in [0.15, 0.2) is 15.9 Å². The van der Waals surface area contributed by atoms with Crippen molar-refractivity contribution in [3.05, 3.63) is 20.8 Å². The number of halogens is 1. The summed E-state index contributed by atoms with van der Waals surface area (Å²) in [5, 5.41) is 0. The van der Waals surface area contributed by atoms with Crippen molar-refractivity contribution in [1.82, 2.24) is 9.80 Å². The Morgan fingerprint density at radius 3 is 2.65 bits per heavy atom. The molecule has 2 fully saturated rings. The number of cyclic esters (lactones) is 1. The Hall–Kier alpha value is -0.430. The first-order valence-corrected chi connectivity index (χ1v) is 8.64. The van der Waals surface area contributed by atoms with E-state index in [0.717, 1.165) is 39.1 Å². The molecule has 2 aliphatic heterocycles. The molecule has 3 rings (SSSR count). The largest absolute Gasteiger partial charge is 0.461 e. The van der Waals surface area contributed by atoms with Gasteiger partial charge in [-0.1, -0.05) is 0 Å². The van der Waals surface area contributed by atoms with E-state index in [1.165, 1.54) is 8.66 Å². The third-order valence-electron chi connectivity index (χ3n) is 4.00. The molecule has 110 valence electrons. The smallest absolute Gasteiger partial charge is 0.323 e. The molecule has 20 heavy (non-hydrogen) atoms. The third kappa shape index (κ3) is 3.24. The van der Waals surface area contributed by atoms with E-state index in [1.54, 1.807) is 11.3 Å². The van der Waals surface area contributed by atoms with Gasteiger partial charge in [-0.2, -0.15) is 0 Å². The van der Waals surface area contributed by atoms with Crippen LogP contribution in [0.4, 0.5) is 0 Å². The molecule has 2 saturated heterocycles. The number of nitrogens with zero attached hydrogens (tertiary/aromatic N) is 2. The quantitative estimate of drug-likeness (QED) is 0.776. The van der Waals surface area contributed by atoms with E-state index in [9.17, 15) is 4.79 Å². The van der Waals surface area contributed by atoms with Crippen molar-refractivity contribution in [2.75, 3.05) is 26.2 Å². The van der Waals surface area contributed by atoms with Gasteiger partial charge in [-0.05, 0) is 35.0 Å². The number of esters is 1. The molecule has 2 aliphatic rings. The zero-order valence-electron chi connectivity index (χ0n) is 11.5. The maximum Gasteiger partial charge on any atom is 0.323 e. The fraction of sp³-hybridized carbons (Fsp3) is 0.643. The van der Waals surface area contributed by atoms with E-state index in [1.807, 2.05) is 6.92 Å². The molecule has 1 aromatic rings. The van der Waals surface area contributed by atoms with Gasteiger partial charge in [-0.3, -0.25) is 14.6 Å². The highest BCUT2D eigenvalue weighted by Gasteiger charge is 2.37. The first-order chi connectivity index (χ1) is 9.61. The number of carbonyl (C=O) groups excluding carboxylic acids is 1. The average Bonchev–Trinajstić information content (AvgIpc) is 2.96. The molecule has 0 unspecified atom stereocenters. The highest BCUT2D eigenvalue weighted by Crippen LogP contribution is 2.25. The number of piperazine rings is 1. The van der Waals surface area contributed by atoms with Crippen LogP contribution in [0.3, 0.4) is 0 Å². The van der Waals surface area contributed by atoms with E-state index in [-0.39, 0.29) is 18.1 Å². The van der Waals surface area contributed by atoms with Gasteiger partial charge < -0.3 is 4.74 Å². The standard InChI is InChI=1S/C14H19BrN2O2S/c1-10-8-12(14(18)19-10)17-6-4-16(5-7-17)9-11-2-3-13(15)20-11/h2-3,10,12H,4-9H2,1H3/t10-,12-/m0/s1. The van der Waals surface area contributed by atoms with Crippen LogP contribution >= 0.6 is 27.3 Å². The summed E-state index contributed by atoms with van der Waals surface area (Å²) in [4.78, 5) is 17.9. The summed E-state index contributed by atoms with van der Waals surface area (Å²) in [6, 6.07) is 4.27. The summed E-state index contributed by atoms with van der Waals surface area (Å²) < 4.78 is 6.44. The minimum absolute atomic E-state index is 0.0111. The molecule has 0 saturated carbocycles. The van der Waals surface area contributed by atoms with Crippen LogP contribution < -0.4 is 0 Å². The average molecular weight is 359 g/mol. The molecule has 0 spiro atoms. The SMILES string of the molecule is C[C@H]1C[C@H](N2CCN(Cc3ccc(Br)s3)CC2)C(=O)O1. The second-order valence-corrected chi connectivity index (χ2v) is 8.06. The maximum absolute atomic E-state index is 11.8. The zero-order valence-corrected chi connectivity index (χ0v) is 14.0. The second kappa shape index (κ2) is 6.13. The van der Waals surface area contributed by atoms with Gasteiger partial charge in [-0.25, -0.2) is 0 Å². The minimum atomic E-state index is -0.0341. The molecular formula is C14H19BrN2O2S. The number of hydrogen-bond donors (Lipinski definition) is 0. The van der Waals surface area contributed by atoms with Crippen LogP contribution in [0.2, 0.25) is 0 Å². The molecule has 2 atom stereocenters. The summed E-state index contributed by atoms with van der Waals surface area (Å²) >= 11 is 5.30. The van der Waals surface area contributed by atoms with Crippen LogP contribution in [-0.2, 0) is 16.1 Å². The number of carbonyl (C=O) groups is 1. The van der Waals surface area contributed by atoms with Crippen LogP contribution in [0.5, 0.6) is 0 Å². The molecule has 0 aliphatic carbocycles. The lowest BCUT2D eigenvalue weighted by Crippen LogP contribution is -2.51. The summed E-state index contributed by atoms with van der Waals surface area (Å²) in [5.74, 6) is -0.0341. The van der Waals surface area contributed by atoms with Gasteiger partial charge in [0.2, 0.25) is 0 Å². The Labute approximate surface area is 131 Å². The van der Waals surface area contributed by atoms with Crippen molar-refractivity contribution in [3.63, 3.8) is 0 Å². The van der Waals surface area contributed by atoms with E-state index >= 15 is 0 Å². The predicted molar refractivity (Wildman–Crippen MR) is 82.8 cm³/mol. The minimum Gasteiger partial charge on any atom is -0.461 e. The molecule has 1 aromatic heterocycles. The molecule has 3 heterocycles. The number of thiophene rings is 1. The number of ether oxygens (including phenoxy) is 1. The monoisotopic (exact) mass is 358 g/mol. The first kappa shape index (κ1) is 14.5. The zero-order chi connectivity index (χ0) is 14.1. The molecule has 0 N–H and O–H groups in total. The van der Waals surface area contributed by atoms with E-state index < -0.39 is 0 Å². The van der Waals surface area contributed by atoms with Gasteiger partial charge in [-0.15, -0.1) is 11.3 Å².